The molecule has 0 radical (unpaired) electrons. The second kappa shape index (κ2) is 7.95. The standard InChI is InChI=1S/C30H37FO6/c1-16-10-23-22-7-6-19-13-20(32)8-9-27(19,2)29(22,31)24(33)14-28(23,3)30(16,36)25(34)15-37-26(35)21-12-17-4-5-18(21)11-17/h4-5,8-9,13,16-18,21-24,33,36H,6-7,10-12,14-15H2,1-3H3/t16-,17?,18?,21?,22+,23+,24+,27+,28+,29+,30+/m1/s1. The van der Waals surface area contributed by atoms with Gasteiger partial charge >= 0.3 is 5.97 Å². The molecule has 200 valence electrons. The van der Waals surface area contributed by atoms with Crippen LogP contribution in [0, 0.1) is 46.3 Å². The molecule has 0 aromatic carbocycles. The Morgan fingerprint density at radius 2 is 1.92 bits per heavy atom. The third kappa shape index (κ3) is 3.07. The van der Waals surface area contributed by atoms with Gasteiger partial charge in [0.25, 0.3) is 0 Å². The minimum absolute atomic E-state index is 0.0903. The normalized spacial score (nSPS) is 51.4. The van der Waals surface area contributed by atoms with Crippen molar-refractivity contribution in [2.45, 2.75) is 76.7 Å². The van der Waals surface area contributed by atoms with E-state index in [4.69, 9.17) is 4.74 Å². The molecule has 4 fully saturated rings. The van der Waals surface area contributed by atoms with Gasteiger partial charge in [-0.25, -0.2) is 4.39 Å². The summed E-state index contributed by atoms with van der Waals surface area (Å²) in [6, 6.07) is 0. The van der Waals surface area contributed by atoms with Gasteiger partial charge in [0.1, 0.15) is 5.60 Å². The number of aliphatic hydroxyl groups is 2. The lowest BCUT2D eigenvalue weighted by molar-refractivity contribution is -0.220. The third-order valence-corrected chi connectivity index (χ3v) is 11.6. The Balaban J connectivity index is 1.26. The number of ether oxygens (including phenoxy) is 1. The fraction of sp³-hybridized carbons (Fsp3) is 0.700. The molecule has 0 spiro atoms. The number of Topliss-reactive ketones (excluding diaryl/α,β-unsaturated/α-hetero) is 1. The van der Waals surface area contributed by atoms with Gasteiger partial charge in [-0.15, -0.1) is 0 Å². The van der Waals surface area contributed by atoms with Crippen molar-refractivity contribution in [3.8, 4) is 0 Å². The number of carbonyl (C=O) groups is 3. The lowest BCUT2D eigenvalue weighted by atomic mass is 9.44. The molecule has 0 aromatic rings. The monoisotopic (exact) mass is 512 g/mol. The maximum absolute atomic E-state index is 17.3. The summed E-state index contributed by atoms with van der Waals surface area (Å²) in [6.07, 6.45) is 10.2. The highest BCUT2D eigenvalue weighted by Crippen LogP contribution is 2.70. The maximum Gasteiger partial charge on any atom is 0.309 e. The summed E-state index contributed by atoms with van der Waals surface area (Å²) in [5.41, 5.74) is -5.36. The molecular weight excluding hydrogens is 475 g/mol. The fourth-order valence-electron chi connectivity index (χ4n) is 9.55. The molecule has 2 bridgehead atoms. The van der Waals surface area contributed by atoms with Crippen molar-refractivity contribution < 1.29 is 33.7 Å². The Morgan fingerprint density at radius 3 is 2.59 bits per heavy atom. The maximum atomic E-state index is 17.3. The third-order valence-electron chi connectivity index (χ3n) is 11.6. The number of esters is 1. The lowest BCUT2D eigenvalue weighted by Gasteiger charge is -2.62. The van der Waals surface area contributed by atoms with E-state index in [0.717, 1.165) is 12.8 Å². The molecule has 6 rings (SSSR count). The molecule has 0 amide bonds. The van der Waals surface area contributed by atoms with Crippen LogP contribution in [0.4, 0.5) is 4.39 Å². The fourth-order valence-corrected chi connectivity index (χ4v) is 9.55. The van der Waals surface area contributed by atoms with E-state index in [0.29, 0.717) is 30.8 Å². The highest BCUT2D eigenvalue weighted by atomic mass is 19.1. The molecule has 6 nitrogen and oxygen atoms in total. The molecule has 0 aromatic heterocycles. The molecule has 2 N–H and O–H groups in total. The van der Waals surface area contributed by atoms with Crippen molar-refractivity contribution in [1.82, 2.24) is 0 Å². The highest BCUT2D eigenvalue weighted by Gasteiger charge is 2.75. The molecule has 6 aliphatic rings. The summed E-state index contributed by atoms with van der Waals surface area (Å²) in [4.78, 5) is 38.4. The van der Waals surface area contributed by atoms with Crippen LogP contribution in [0.1, 0.15) is 59.3 Å². The van der Waals surface area contributed by atoms with Crippen LogP contribution in [0.2, 0.25) is 0 Å². The van der Waals surface area contributed by atoms with Crippen molar-refractivity contribution >= 4 is 17.5 Å². The number of ketones is 2. The number of aliphatic hydroxyl groups excluding tert-OH is 1. The Bertz CT molecular complexity index is 1160. The number of alkyl halides is 1. The van der Waals surface area contributed by atoms with Crippen LogP contribution in [0.3, 0.4) is 0 Å². The van der Waals surface area contributed by atoms with Crippen molar-refractivity contribution in [1.29, 1.82) is 0 Å². The molecule has 0 aliphatic heterocycles. The molecule has 6 aliphatic carbocycles. The van der Waals surface area contributed by atoms with E-state index in [1.54, 1.807) is 26.8 Å². The largest absolute Gasteiger partial charge is 0.457 e. The molecule has 7 heteroatoms. The zero-order chi connectivity index (χ0) is 26.5. The van der Waals surface area contributed by atoms with E-state index in [1.807, 2.05) is 0 Å². The van der Waals surface area contributed by atoms with E-state index in [1.165, 1.54) is 12.2 Å². The summed E-state index contributed by atoms with van der Waals surface area (Å²) in [7, 11) is 0. The van der Waals surface area contributed by atoms with E-state index in [-0.39, 0.29) is 30.0 Å². The van der Waals surface area contributed by atoms with Gasteiger partial charge in [-0.05, 0) is 81.3 Å². The van der Waals surface area contributed by atoms with Crippen LogP contribution >= 0.6 is 0 Å². The first kappa shape index (κ1) is 25.2. The van der Waals surface area contributed by atoms with Crippen LogP contribution in [0.15, 0.2) is 36.0 Å². The lowest BCUT2D eigenvalue weighted by Crippen LogP contribution is -2.69. The van der Waals surface area contributed by atoms with Gasteiger partial charge in [0.2, 0.25) is 5.78 Å². The Hall–Kier alpha value is -2.12. The van der Waals surface area contributed by atoms with Crippen LogP contribution in [-0.4, -0.2) is 51.7 Å². The Labute approximate surface area is 217 Å². The van der Waals surface area contributed by atoms with Crippen molar-refractivity contribution in [3.05, 3.63) is 36.0 Å². The van der Waals surface area contributed by atoms with Crippen molar-refractivity contribution in [2.75, 3.05) is 6.61 Å². The molecular formula is C30H37FO6. The van der Waals surface area contributed by atoms with Gasteiger partial charge < -0.3 is 14.9 Å². The van der Waals surface area contributed by atoms with Crippen molar-refractivity contribution in [3.63, 3.8) is 0 Å². The summed E-state index contributed by atoms with van der Waals surface area (Å²) in [6.45, 7) is 4.82. The number of fused-ring (bicyclic) bond motifs is 7. The van der Waals surface area contributed by atoms with E-state index >= 15 is 4.39 Å². The number of carbonyl (C=O) groups excluding carboxylic acids is 3. The molecule has 0 heterocycles. The summed E-state index contributed by atoms with van der Waals surface area (Å²) >= 11 is 0. The van der Waals surface area contributed by atoms with Gasteiger partial charge in [-0.3, -0.25) is 14.4 Å². The molecule has 3 unspecified atom stereocenters. The number of rotatable bonds is 4. The van der Waals surface area contributed by atoms with Gasteiger partial charge in [0, 0.05) is 16.7 Å². The molecule has 37 heavy (non-hydrogen) atoms. The van der Waals surface area contributed by atoms with Crippen LogP contribution < -0.4 is 0 Å². The van der Waals surface area contributed by atoms with Crippen LogP contribution in [-0.2, 0) is 19.1 Å². The highest BCUT2D eigenvalue weighted by molar-refractivity contribution is 6.01. The quantitative estimate of drug-likeness (QED) is 0.441. The predicted molar refractivity (Wildman–Crippen MR) is 133 cm³/mol. The summed E-state index contributed by atoms with van der Waals surface area (Å²) in [5.74, 6) is -2.25. The van der Waals surface area contributed by atoms with Gasteiger partial charge in [-0.2, -0.15) is 0 Å². The first-order valence-electron chi connectivity index (χ1n) is 13.8. The summed E-state index contributed by atoms with van der Waals surface area (Å²) < 4.78 is 22.7. The van der Waals surface area contributed by atoms with Crippen LogP contribution in [0.25, 0.3) is 0 Å². The van der Waals surface area contributed by atoms with E-state index < -0.39 is 58.4 Å². The number of halogens is 1. The topological polar surface area (TPSA) is 101 Å². The average Bonchev–Trinajstić information content (AvgIpc) is 3.54. The molecule has 0 saturated heterocycles. The zero-order valence-electron chi connectivity index (χ0n) is 21.8. The second-order valence-corrected chi connectivity index (χ2v) is 13.1. The minimum Gasteiger partial charge on any atom is -0.457 e. The van der Waals surface area contributed by atoms with Gasteiger partial charge in [0.05, 0.1) is 12.0 Å². The Kier molecular flexibility index (Phi) is 5.41. The van der Waals surface area contributed by atoms with Crippen LogP contribution in [0.5, 0.6) is 0 Å². The zero-order valence-corrected chi connectivity index (χ0v) is 21.8. The SMILES string of the molecule is C[C@@H]1C[C@H]2[C@@H]3CCC4=CC(=O)C=C[C@]4(C)[C@@]3(F)[C@@H](O)C[C@]2(C)[C@@]1(O)C(=O)COC(=O)C1CC2C=CC1C2. The average molecular weight is 513 g/mol. The predicted octanol–water partition coefficient (Wildman–Crippen LogP) is 3.66. The van der Waals surface area contributed by atoms with Gasteiger partial charge in [-0.1, -0.05) is 37.6 Å². The first-order chi connectivity index (χ1) is 17.4. The van der Waals surface area contributed by atoms with E-state index in [9.17, 15) is 24.6 Å². The van der Waals surface area contributed by atoms with Crippen molar-refractivity contribution in [2.24, 2.45) is 46.3 Å². The smallest absolute Gasteiger partial charge is 0.309 e. The number of hydrogen-bond acceptors (Lipinski definition) is 6. The number of allylic oxidation sites excluding steroid dienone is 6. The molecule has 11 atom stereocenters. The van der Waals surface area contributed by atoms with E-state index in [2.05, 4.69) is 12.2 Å². The minimum atomic E-state index is -2.02. The molecule has 4 saturated carbocycles. The van der Waals surface area contributed by atoms with Gasteiger partial charge in [0.15, 0.2) is 18.1 Å². The second-order valence-electron chi connectivity index (χ2n) is 13.1. The first-order valence-corrected chi connectivity index (χ1v) is 13.8. The summed E-state index contributed by atoms with van der Waals surface area (Å²) in [5, 5.41) is 23.5. The Morgan fingerprint density at radius 1 is 1.16 bits per heavy atom. The number of hydrogen-bond donors (Lipinski definition) is 2.